The molecule has 2 aliphatic rings. The minimum atomic E-state index is 0.0961. The second-order valence-electron chi connectivity index (χ2n) is 7.81. The predicted molar refractivity (Wildman–Crippen MR) is 104 cm³/mol. The number of aryl methyl sites for hydroxylation is 1. The molecule has 0 atom stereocenters. The highest BCUT2D eigenvalue weighted by Gasteiger charge is 2.33. The van der Waals surface area contributed by atoms with E-state index in [1.807, 2.05) is 6.92 Å². The molecule has 2 saturated heterocycles. The van der Waals surface area contributed by atoms with Gasteiger partial charge < -0.3 is 15.4 Å². The van der Waals surface area contributed by atoms with Crippen LogP contribution in [0.5, 0.6) is 0 Å². The zero-order valence-electron chi connectivity index (χ0n) is 16.1. The molecular formula is C19H32N4O2S. The molecule has 2 aliphatic heterocycles. The van der Waals surface area contributed by atoms with Gasteiger partial charge in [-0.2, -0.15) is 0 Å². The van der Waals surface area contributed by atoms with Crippen molar-refractivity contribution >= 4 is 17.2 Å². The normalized spacial score (nSPS) is 21.6. The van der Waals surface area contributed by atoms with Crippen LogP contribution in [0.3, 0.4) is 0 Å². The molecule has 0 bridgehead atoms. The number of hydrogen-bond donors (Lipinski definition) is 2. The Labute approximate surface area is 160 Å². The lowest BCUT2D eigenvalue weighted by atomic mass is 9.79. The molecule has 0 unspecified atom stereocenters. The van der Waals surface area contributed by atoms with Crippen LogP contribution < -0.4 is 10.6 Å². The van der Waals surface area contributed by atoms with E-state index in [-0.39, 0.29) is 17.2 Å². The second-order valence-corrected chi connectivity index (χ2v) is 8.87. The van der Waals surface area contributed by atoms with Crippen LogP contribution >= 0.6 is 11.3 Å². The van der Waals surface area contributed by atoms with Crippen LogP contribution in [0, 0.1) is 18.3 Å². The maximum absolute atomic E-state index is 12.7. The fraction of sp³-hybridized carbons (Fsp3) is 0.789. The van der Waals surface area contributed by atoms with Gasteiger partial charge in [-0.05, 0) is 58.8 Å². The summed E-state index contributed by atoms with van der Waals surface area (Å²) in [6.07, 6.45) is 4.00. The summed E-state index contributed by atoms with van der Waals surface area (Å²) in [6, 6.07) is 0. The Hall–Kier alpha value is -1.02. The summed E-state index contributed by atoms with van der Waals surface area (Å²) in [5, 5.41) is 9.90. The number of carbonyl (C=O) groups is 1. The number of piperidine rings is 2. The minimum absolute atomic E-state index is 0.0961. The average molecular weight is 381 g/mol. The summed E-state index contributed by atoms with van der Waals surface area (Å²) in [6.45, 7) is 8.37. The quantitative estimate of drug-likeness (QED) is 0.755. The van der Waals surface area contributed by atoms with Crippen molar-refractivity contribution in [2.45, 2.75) is 39.2 Å². The molecule has 0 spiro atoms. The van der Waals surface area contributed by atoms with Gasteiger partial charge in [0.05, 0.1) is 17.3 Å². The van der Waals surface area contributed by atoms with Crippen LogP contribution in [-0.4, -0.2) is 62.2 Å². The maximum atomic E-state index is 12.7. The first-order valence-corrected chi connectivity index (χ1v) is 10.6. The lowest BCUT2D eigenvalue weighted by Gasteiger charge is -2.38. The molecule has 0 aliphatic carbocycles. The van der Waals surface area contributed by atoms with Gasteiger partial charge in [0.1, 0.15) is 0 Å². The molecule has 1 amide bonds. The summed E-state index contributed by atoms with van der Waals surface area (Å²) < 4.78 is 5.44. The zero-order valence-corrected chi connectivity index (χ0v) is 16.9. The number of thiazole rings is 1. The van der Waals surface area contributed by atoms with Crippen molar-refractivity contribution in [2.75, 3.05) is 46.4 Å². The fourth-order valence-corrected chi connectivity index (χ4v) is 4.72. The van der Waals surface area contributed by atoms with E-state index in [0.29, 0.717) is 0 Å². The highest BCUT2D eigenvalue weighted by Crippen LogP contribution is 2.28. The van der Waals surface area contributed by atoms with Gasteiger partial charge in [0.2, 0.25) is 5.91 Å². The fourth-order valence-electron chi connectivity index (χ4n) is 4.12. The van der Waals surface area contributed by atoms with Crippen LogP contribution in [0.1, 0.15) is 36.4 Å². The van der Waals surface area contributed by atoms with E-state index in [0.717, 1.165) is 82.3 Å². The molecule has 7 heteroatoms. The lowest BCUT2D eigenvalue weighted by molar-refractivity contribution is -0.127. The van der Waals surface area contributed by atoms with Crippen molar-refractivity contribution in [3.05, 3.63) is 16.1 Å². The van der Waals surface area contributed by atoms with Gasteiger partial charge in [-0.25, -0.2) is 4.98 Å². The highest BCUT2D eigenvalue weighted by atomic mass is 32.1. The summed E-state index contributed by atoms with van der Waals surface area (Å²) in [5.41, 5.74) is 1.25. The predicted octanol–water partition coefficient (Wildman–Crippen LogP) is 1.80. The average Bonchev–Trinajstić information content (AvgIpc) is 3.06. The number of nitrogens with one attached hydrogen (secondary N) is 2. The molecule has 3 heterocycles. The number of nitrogens with zero attached hydrogens (tertiary/aromatic N) is 2. The topological polar surface area (TPSA) is 66.5 Å². The molecule has 0 saturated carbocycles. The van der Waals surface area contributed by atoms with E-state index >= 15 is 0 Å². The van der Waals surface area contributed by atoms with Crippen LogP contribution in [0.15, 0.2) is 5.38 Å². The van der Waals surface area contributed by atoms with E-state index in [9.17, 15) is 4.79 Å². The van der Waals surface area contributed by atoms with E-state index in [1.54, 1.807) is 18.4 Å². The van der Waals surface area contributed by atoms with Crippen molar-refractivity contribution in [3.8, 4) is 0 Å². The van der Waals surface area contributed by atoms with Gasteiger partial charge in [0, 0.05) is 36.9 Å². The summed E-state index contributed by atoms with van der Waals surface area (Å²) in [7, 11) is 1.76. The first-order chi connectivity index (χ1) is 12.6. The van der Waals surface area contributed by atoms with Gasteiger partial charge in [0.25, 0.3) is 0 Å². The van der Waals surface area contributed by atoms with E-state index in [4.69, 9.17) is 4.74 Å². The summed E-state index contributed by atoms with van der Waals surface area (Å²) in [5.74, 6) is 0.368. The van der Waals surface area contributed by atoms with Gasteiger partial charge in [-0.15, -0.1) is 11.3 Å². The van der Waals surface area contributed by atoms with Crippen LogP contribution in [0.25, 0.3) is 0 Å². The second kappa shape index (κ2) is 9.26. The third-order valence-electron chi connectivity index (χ3n) is 5.76. The molecule has 0 aromatic carbocycles. The Morgan fingerprint density at radius 2 is 2.15 bits per heavy atom. The maximum Gasteiger partial charge on any atom is 0.223 e. The standard InChI is InChI=1S/C19H32N4O2S/c1-15-22-17(12-26-15)11-23-9-3-16(4-10-23)18(24)21-13-19(14-25-2)5-7-20-8-6-19/h12,16,20H,3-11,13-14H2,1-2H3,(H,21,24). The number of hydrogen-bond acceptors (Lipinski definition) is 6. The highest BCUT2D eigenvalue weighted by molar-refractivity contribution is 7.09. The van der Waals surface area contributed by atoms with Crippen molar-refractivity contribution in [3.63, 3.8) is 0 Å². The molecule has 6 nitrogen and oxygen atoms in total. The Bertz CT molecular complexity index is 572. The monoisotopic (exact) mass is 380 g/mol. The van der Waals surface area contributed by atoms with Gasteiger partial charge in [-0.1, -0.05) is 0 Å². The number of amides is 1. The van der Waals surface area contributed by atoms with E-state index in [1.165, 1.54) is 0 Å². The van der Waals surface area contributed by atoms with Crippen LogP contribution in [0.2, 0.25) is 0 Å². The summed E-state index contributed by atoms with van der Waals surface area (Å²) >= 11 is 1.71. The lowest BCUT2D eigenvalue weighted by Crippen LogP contribution is -2.49. The van der Waals surface area contributed by atoms with Crippen LogP contribution in [0.4, 0.5) is 0 Å². The number of ether oxygens (including phenoxy) is 1. The molecular weight excluding hydrogens is 348 g/mol. The molecule has 26 heavy (non-hydrogen) atoms. The number of methoxy groups -OCH3 is 1. The van der Waals surface area contributed by atoms with Crippen LogP contribution in [-0.2, 0) is 16.1 Å². The first-order valence-electron chi connectivity index (χ1n) is 9.71. The largest absolute Gasteiger partial charge is 0.384 e. The number of carbonyl (C=O) groups excluding carboxylic acids is 1. The number of aromatic nitrogens is 1. The smallest absolute Gasteiger partial charge is 0.223 e. The first kappa shape index (κ1) is 19.7. The third kappa shape index (κ3) is 5.25. The molecule has 2 N–H and O–H groups in total. The Balaban J connectivity index is 1.43. The van der Waals surface area contributed by atoms with E-state index < -0.39 is 0 Å². The summed E-state index contributed by atoms with van der Waals surface area (Å²) in [4.78, 5) is 19.6. The van der Waals surface area contributed by atoms with Gasteiger partial charge >= 0.3 is 0 Å². The Morgan fingerprint density at radius 1 is 1.42 bits per heavy atom. The van der Waals surface area contributed by atoms with Crippen molar-refractivity contribution in [1.29, 1.82) is 0 Å². The van der Waals surface area contributed by atoms with Crippen molar-refractivity contribution in [2.24, 2.45) is 11.3 Å². The molecule has 0 radical (unpaired) electrons. The SMILES string of the molecule is COCC1(CNC(=O)C2CCN(Cc3csc(C)n3)CC2)CCNCC1. The Kier molecular flexibility index (Phi) is 7.03. The Morgan fingerprint density at radius 3 is 2.77 bits per heavy atom. The molecule has 3 rings (SSSR count). The number of rotatable bonds is 7. The van der Waals surface area contributed by atoms with E-state index in [2.05, 4.69) is 25.9 Å². The number of likely N-dealkylation sites (tertiary alicyclic amines) is 1. The zero-order chi connectivity index (χ0) is 18.4. The van der Waals surface area contributed by atoms with Gasteiger partial charge in [0.15, 0.2) is 0 Å². The minimum Gasteiger partial charge on any atom is -0.384 e. The van der Waals surface area contributed by atoms with Crippen molar-refractivity contribution < 1.29 is 9.53 Å². The molecule has 1 aromatic rings. The van der Waals surface area contributed by atoms with Gasteiger partial charge in [-0.3, -0.25) is 9.69 Å². The molecule has 2 fully saturated rings. The molecule has 146 valence electrons. The third-order valence-corrected chi connectivity index (χ3v) is 6.59. The molecule has 1 aromatic heterocycles. The van der Waals surface area contributed by atoms with Crippen molar-refractivity contribution in [1.82, 2.24) is 20.5 Å².